The third-order valence-electron chi connectivity index (χ3n) is 5.44. The van der Waals surface area contributed by atoms with Gasteiger partial charge in [-0.25, -0.2) is 17.2 Å². The summed E-state index contributed by atoms with van der Waals surface area (Å²) in [6.45, 7) is 0.419. The number of rotatable bonds is 6. The number of halogens is 4. The Hall–Kier alpha value is -2.52. The molecule has 0 spiro atoms. The molecule has 0 aromatic heterocycles. The van der Waals surface area contributed by atoms with Crippen LogP contribution in [-0.2, 0) is 14.9 Å². The molecule has 0 saturated carbocycles. The summed E-state index contributed by atoms with van der Waals surface area (Å²) in [6, 6.07) is 15.8. The summed E-state index contributed by atoms with van der Waals surface area (Å²) in [4.78, 5) is 5.81. The number of piperidine rings is 1. The molecule has 5 nitrogen and oxygen atoms in total. The largest absolute Gasteiger partial charge is 0.383 e. The molecule has 10 heteroatoms. The zero-order valence-electron chi connectivity index (χ0n) is 17.8. The summed E-state index contributed by atoms with van der Waals surface area (Å²) in [5.74, 6) is -0.774. The lowest BCUT2D eigenvalue weighted by molar-refractivity contribution is 0.0855. The SMILES string of the molecule is O=S(=O)(c1ccc(Cl)cc1Cl)N1CCC(=NOC(c2ccc(F)cc2)c2ccc(F)cc2)CC1. The normalized spacial score (nSPS) is 14.9. The molecular weight excluding hydrogens is 505 g/mol. The predicted octanol–water partition coefficient (Wildman–Crippen LogP) is 6.22. The Balaban J connectivity index is 1.49. The first-order valence-corrected chi connectivity index (χ1v) is 12.6. The van der Waals surface area contributed by atoms with E-state index < -0.39 is 16.1 Å². The predicted molar refractivity (Wildman–Crippen MR) is 128 cm³/mol. The summed E-state index contributed by atoms with van der Waals surface area (Å²) in [7, 11) is -3.78. The number of hydrogen-bond acceptors (Lipinski definition) is 4. The second-order valence-electron chi connectivity index (χ2n) is 7.72. The molecule has 0 aliphatic carbocycles. The lowest BCUT2D eigenvalue weighted by Crippen LogP contribution is -2.38. The van der Waals surface area contributed by atoms with Gasteiger partial charge in [0.15, 0.2) is 6.10 Å². The van der Waals surface area contributed by atoms with Crippen molar-refractivity contribution in [2.45, 2.75) is 23.8 Å². The molecule has 0 amide bonds. The van der Waals surface area contributed by atoms with Crippen LogP contribution in [0.1, 0.15) is 30.1 Å². The zero-order chi connectivity index (χ0) is 24.3. The fraction of sp³-hybridized carbons (Fsp3) is 0.208. The number of oxime groups is 1. The minimum atomic E-state index is -3.78. The van der Waals surface area contributed by atoms with Crippen LogP contribution in [0.2, 0.25) is 10.0 Å². The van der Waals surface area contributed by atoms with Gasteiger partial charge in [0.25, 0.3) is 0 Å². The summed E-state index contributed by atoms with van der Waals surface area (Å²) in [5.41, 5.74) is 1.98. The Morgan fingerprint density at radius 3 is 1.88 bits per heavy atom. The minimum absolute atomic E-state index is 0.00268. The fourth-order valence-corrected chi connectivity index (χ4v) is 5.80. The van der Waals surface area contributed by atoms with E-state index in [1.807, 2.05) is 0 Å². The molecule has 1 heterocycles. The molecule has 1 aliphatic heterocycles. The summed E-state index contributed by atoms with van der Waals surface area (Å²) in [6.07, 6.45) is 0.0527. The molecule has 0 bridgehead atoms. The molecule has 0 unspecified atom stereocenters. The number of nitrogens with zero attached hydrogens (tertiary/aromatic N) is 2. The van der Waals surface area contributed by atoms with Gasteiger partial charge in [-0.3, -0.25) is 0 Å². The van der Waals surface area contributed by atoms with E-state index in [4.69, 9.17) is 28.0 Å². The van der Waals surface area contributed by atoms with Crippen molar-refractivity contribution in [2.24, 2.45) is 5.16 Å². The Kier molecular flexibility index (Phi) is 7.52. The molecule has 3 aromatic carbocycles. The van der Waals surface area contributed by atoms with Crippen molar-refractivity contribution >= 4 is 38.9 Å². The highest BCUT2D eigenvalue weighted by Gasteiger charge is 2.30. The van der Waals surface area contributed by atoms with Gasteiger partial charge in [0.1, 0.15) is 16.5 Å². The van der Waals surface area contributed by atoms with Crippen molar-refractivity contribution in [1.29, 1.82) is 0 Å². The number of sulfonamides is 1. The smallest absolute Gasteiger partial charge is 0.244 e. The molecule has 1 saturated heterocycles. The first-order chi connectivity index (χ1) is 16.2. The monoisotopic (exact) mass is 524 g/mol. The Bertz CT molecular complexity index is 1250. The van der Waals surface area contributed by atoms with Crippen molar-refractivity contribution in [3.63, 3.8) is 0 Å². The van der Waals surface area contributed by atoms with Crippen LogP contribution in [0.25, 0.3) is 0 Å². The van der Waals surface area contributed by atoms with Crippen molar-refractivity contribution in [3.8, 4) is 0 Å². The highest BCUT2D eigenvalue weighted by Crippen LogP contribution is 2.30. The molecule has 4 rings (SSSR count). The van der Waals surface area contributed by atoms with Gasteiger partial charge in [0, 0.05) is 31.0 Å². The average Bonchev–Trinajstić information content (AvgIpc) is 2.81. The zero-order valence-corrected chi connectivity index (χ0v) is 20.1. The second-order valence-corrected chi connectivity index (χ2v) is 10.5. The van der Waals surface area contributed by atoms with Gasteiger partial charge < -0.3 is 4.84 Å². The Morgan fingerprint density at radius 2 is 1.38 bits per heavy atom. The quantitative estimate of drug-likeness (QED) is 0.359. The fourth-order valence-electron chi connectivity index (χ4n) is 3.62. The second kappa shape index (κ2) is 10.4. The van der Waals surface area contributed by atoms with Crippen LogP contribution in [0.15, 0.2) is 76.8 Å². The van der Waals surface area contributed by atoms with Crippen LogP contribution in [0.5, 0.6) is 0 Å². The van der Waals surface area contributed by atoms with E-state index in [2.05, 4.69) is 5.16 Å². The standard InChI is InChI=1S/C24H20Cl2F2N2O3S/c25-18-5-10-23(22(26)15-18)34(31,32)30-13-11-21(12-14-30)29-33-24(16-1-6-19(27)7-2-16)17-3-8-20(28)9-4-17/h1-10,15,24H,11-14H2. The molecule has 34 heavy (non-hydrogen) atoms. The molecule has 3 aromatic rings. The number of benzene rings is 3. The van der Waals surface area contributed by atoms with E-state index in [0.717, 1.165) is 0 Å². The van der Waals surface area contributed by atoms with Crippen LogP contribution < -0.4 is 0 Å². The summed E-state index contributed by atoms with van der Waals surface area (Å²) < 4.78 is 54.1. The van der Waals surface area contributed by atoms with E-state index in [9.17, 15) is 17.2 Å². The maximum absolute atomic E-state index is 13.4. The van der Waals surface area contributed by atoms with Crippen LogP contribution in [0.4, 0.5) is 8.78 Å². The van der Waals surface area contributed by atoms with Gasteiger partial charge in [-0.05, 0) is 53.6 Å². The first kappa shape index (κ1) is 24.6. The molecule has 0 radical (unpaired) electrons. The molecular formula is C24H20Cl2F2N2O3S. The van der Waals surface area contributed by atoms with Crippen molar-refractivity contribution < 1.29 is 22.0 Å². The Morgan fingerprint density at radius 1 is 0.853 bits per heavy atom. The van der Waals surface area contributed by atoms with Gasteiger partial charge in [0.2, 0.25) is 10.0 Å². The molecule has 1 aliphatic rings. The molecule has 1 fully saturated rings. The van der Waals surface area contributed by atoms with Crippen LogP contribution in [0.3, 0.4) is 0 Å². The molecule has 0 N–H and O–H groups in total. The van der Waals surface area contributed by atoms with Crippen LogP contribution in [0, 0.1) is 11.6 Å². The highest BCUT2D eigenvalue weighted by atomic mass is 35.5. The molecule has 0 atom stereocenters. The maximum atomic E-state index is 13.4. The number of hydrogen-bond donors (Lipinski definition) is 0. The third-order valence-corrected chi connectivity index (χ3v) is 8.06. The summed E-state index contributed by atoms with van der Waals surface area (Å²) in [5, 5.41) is 4.68. The third kappa shape index (κ3) is 5.58. The molecule has 178 valence electrons. The Labute approximate surface area is 206 Å². The van der Waals surface area contributed by atoms with E-state index in [0.29, 0.717) is 34.7 Å². The van der Waals surface area contributed by atoms with Crippen molar-refractivity contribution in [1.82, 2.24) is 4.31 Å². The lowest BCUT2D eigenvalue weighted by atomic mass is 10.0. The van der Waals surface area contributed by atoms with Crippen LogP contribution >= 0.6 is 23.2 Å². The van der Waals surface area contributed by atoms with Gasteiger partial charge in [-0.15, -0.1) is 0 Å². The van der Waals surface area contributed by atoms with Crippen molar-refractivity contribution in [3.05, 3.63) is 99.5 Å². The van der Waals surface area contributed by atoms with E-state index in [1.54, 1.807) is 24.3 Å². The average molecular weight is 525 g/mol. The van der Waals surface area contributed by atoms with E-state index in [-0.39, 0.29) is 34.6 Å². The highest BCUT2D eigenvalue weighted by molar-refractivity contribution is 7.89. The van der Waals surface area contributed by atoms with E-state index >= 15 is 0 Å². The lowest BCUT2D eigenvalue weighted by Gasteiger charge is -2.27. The van der Waals surface area contributed by atoms with Crippen molar-refractivity contribution in [2.75, 3.05) is 13.1 Å². The van der Waals surface area contributed by atoms with Gasteiger partial charge in [-0.1, -0.05) is 52.6 Å². The van der Waals surface area contributed by atoms with E-state index in [1.165, 1.54) is 46.8 Å². The minimum Gasteiger partial charge on any atom is -0.383 e. The van der Waals surface area contributed by atoms with Gasteiger partial charge in [0.05, 0.1) is 10.7 Å². The topological polar surface area (TPSA) is 59.0 Å². The van der Waals surface area contributed by atoms with Crippen LogP contribution in [-0.4, -0.2) is 31.5 Å². The van der Waals surface area contributed by atoms with Gasteiger partial charge in [-0.2, -0.15) is 4.31 Å². The first-order valence-electron chi connectivity index (χ1n) is 10.4. The summed E-state index contributed by atoms with van der Waals surface area (Å²) >= 11 is 12.0. The van der Waals surface area contributed by atoms with Gasteiger partial charge >= 0.3 is 0 Å². The maximum Gasteiger partial charge on any atom is 0.244 e.